The van der Waals surface area contributed by atoms with Crippen LogP contribution in [0.15, 0.2) is 48.9 Å². The fraction of sp³-hybridized carbons (Fsp3) is 0.261. The van der Waals surface area contributed by atoms with Gasteiger partial charge < -0.3 is 21.3 Å². The Bertz CT molecular complexity index is 1260. The van der Waals surface area contributed by atoms with Gasteiger partial charge in [0.1, 0.15) is 17.1 Å². The Morgan fingerprint density at radius 1 is 1.06 bits per heavy atom. The highest BCUT2D eigenvalue weighted by atomic mass is 35.5. The van der Waals surface area contributed by atoms with E-state index in [-0.39, 0.29) is 28.9 Å². The zero-order valence-corrected chi connectivity index (χ0v) is 19.7. The van der Waals surface area contributed by atoms with E-state index in [9.17, 15) is 22.8 Å². The number of benzene rings is 1. The maximum absolute atomic E-state index is 13.3. The Labute approximate surface area is 208 Å². The van der Waals surface area contributed by atoms with Crippen molar-refractivity contribution >= 4 is 40.6 Å². The first-order valence-electron chi connectivity index (χ1n) is 10.8. The summed E-state index contributed by atoms with van der Waals surface area (Å²) in [7, 11) is 1.68. The van der Waals surface area contributed by atoms with Crippen molar-refractivity contribution in [2.45, 2.75) is 31.1 Å². The number of hydrogen-bond acceptors (Lipinski definition) is 7. The predicted molar refractivity (Wildman–Crippen MR) is 127 cm³/mol. The van der Waals surface area contributed by atoms with Crippen molar-refractivity contribution in [2.75, 3.05) is 17.7 Å². The van der Waals surface area contributed by atoms with Crippen LogP contribution < -0.4 is 21.3 Å². The number of hydrogen-bond donors (Lipinski definition) is 4. The lowest BCUT2D eigenvalue weighted by Crippen LogP contribution is -2.49. The molecule has 1 aliphatic rings. The molecule has 0 spiro atoms. The van der Waals surface area contributed by atoms with Gasteiger partial charge in [0.05, 0.1) is 47.8 Å². The maximum atomic E-state index is 13.3. The van der Waals surface area contributed by atoms with Crippen molar-refractivity contribution in [1.82, 2.24) is 25.6 Å². The second-order valence-electron chi connectivity index (χ2n) is 8.11. The number of carbonyl (C=O) groups is 2. The molecule has 4 N–H and O–H groups in total. The average Bonchev–Trinajstić information content (AvgIpc) is 3.64. The number of nitrogens with zero attached hydrogens (tertiary/aromatic N) is 3. The smallest absolute Gasteiger partial charge is 0.372 e. The van der Waals surface area contributed by atoms with Crippen LogP contribution in [0.4, 0.5) is 30.4 Å². The van der Waals surface area contributed by atoms with Gasteiger partial charge in [-0.1, -0.05) is 11.6 Å². The van der Waals surface area contributed by atoms with Crippen molar-refractivity contribution < 1.29 is 22.8 Å². The van der Waals surface area contributed by atoms with Crippen LogP contribution in [0.3, 0.4) is 0 Å². The van der Waals surface area contributed by atoms with Crippen LogP contribution in [-0.4, -0.2) is 39.4 Å². The molecule has 2 heterocycles. The lowest BCUT2D eigenvalue weighted by molar-refractivity contribution is -0.137. The molecule has 1 saturated carbocycles. The molecule has 2 amide bonds. The van der Waals surface area contributed by atoms with E-state index >= 15 is 0 Å². The Balaban J connectivity index is 1.34. The van der Waals surface area contributed by atoms with E-state index in [2.05, 4.69) is 36.2 Å². The summed E-state index contributed by atoms with van der Waals surface area (Å²) in [5.41, 5.74) is -1.18. The number of amides is 2. The summed E-state index contributed by atoms with van der Waals surface area (Å²) in [6, 6.07) is 6.56. The molecule has 36 heavy (non-hydrogen) atoms. The number of anilines is 3. The van der Waals surface area contributed by atoms with E-state index in [1.807, 2.05) is 0 Å². The monoisotopic (exact) mass is 519 g/mol. The molecule has 4 rings (SSSR count). The number of nitrogens with one attached hydrogen (secondary N) is 4. The van der Waals surface area contributed by atoms with Crippen LogP contribution in [0, 0.1) is 0 Å². The number of alkyl halides is 3. The number of pyridine rings is 1. The molecule has 1 aliphatic carbocycles. The van der Waals surface area contributed by atoms with Gasteiger partial charge in [-0.25, -0.2) is 9.97 Å². The second-order valence-corrected chi connectivity index (χ2v) is 8.54. The number of rotatable bonds is 8. The predicted octanol–water partition coefficient (Wildman–Crippen LogP) is 3.91. The molecular weight excluding hydrogens is 499 g/mol. The standard InChI is InChI=1S/C23H21ClF3N7O2/c1-28-19-12-30-18(11-31-19)20(35)34-22(6-7-22)21(36)32-9-14-3-4-15(10-29-14)33-17-5-2-13(24)8-16(17)23(25,26)27/h2-5,8,10-12,33H,6-7,9H2,1H3,(H,28,31)(H,32,36)(H,34,35). The molecule has 9 nitrogen and oxygen atoms in total. The fourth-order valence-corrected chi connectivity index (χ4v) is 3.52. The molecular formula is C23H21ClF3N7O2. The van der Waals surface area contributed by atoms with Gasteiger partial charge in [-0.15, -0.1) is 0 Å². The summed E-state index contributed by atoms with van der Waals surface area (Å²) in [6.07, 6.45) is 0.462. The number of carbonyl (C=O) groups excluding carboxylic acids is 2. The molecule has 1 aromatic carbocycles. The first-order chi connectivity index (χ1) is 17.1. The van der Waals surface area contributed by atoms with Crippen LogP contribution in [0.25, 0.3) is 0 Å². The first-order valence-corrected chi connectivity index (χ1v) is 11.2. The van der Waals surface area contributed by atoms with Gasteiger partial charge in [0, 0.05) is 12.1 Å². The summed E-state index contributed by atoms with van der Waals surface area (Å²) in [4.78, 5) is 37.4. The molecule has 0 unspecified atom stereocenters. The molecule has 0 saturated heterocycles. The normalized spacial score (nSPS) is 14.0. The topological polar surface area (TPSA) is 121 Å². The molecule has 0 atom stereocenters. The minimum absolute atomic E-state index is 0.0265. The second kappa shape index (κ2) is 9.97. The Kier molecular flexibility index (Phi) is 6.97. The maximum Gasteiger partial charge on any atom is 0.418 e. The van der Waals surface area contributed by atoms with E-state index < -0.39 is 23.2 Å². The highest BCUT2D eigenvalue weighted by molar-refractivity contribution is 6.30. The van der Waals surface area contributed by atoms with E-state index in [0.29, 0.717) is 30.0 Å². The van der Waals surface area contributed by atoms with Crippen molar-refractivity contribution in [3.8, 4) is 0 Å². The number of halogens is 4. The number of aromatic nitrogens is 3. The Hall–Kier alpha value is -3.93. The van der Waals surface area contributed by atoms with E-state index in [4.69, 9.17) is 11.6 Å². The molecule has 0 bridgehead atoms. The highest BCUT2D eigenvalue weighted by Gasteiger charge is 2.51. The lowest BCUT2D eigenvalue weighted by Gasteiger charge is -2.17. The van der Waals surface area contributed by atoms with Gasteiger partial charge in [-0.05, 0) is 43.2 Å². The molecule has 2 aromatic heterocycles. The fourth-order valence-electron chi connectivity index (χ4n) is 3.35. The van der Waals surface area contributed by atoms with E-state index in [1.54, 1.807) is 19.2 Å². The van der Waals surface area contributed by atoms with Gasteiger partial charge in [-0.2, -0.15) is 13.2 Å². The van der Waals surface area contributed by atoms with Crippen LogP contribution in [-0.2, 0) is 17.5 Å². The SMILES string of the molecule is CNc1cnc(C(=O)NC2(C(=O)NCc3ccc(Nc4ccc(Cl)cc4C(F)(F)F)cn3)CC2)cn1. The van der Waals surface area contributed by atoms with Gasteiger partial charge >= 0.3 is 6.18 Å². The summed E-state index contributed by atoms with van der Waals surface area (Å²) >= 11 is 5.71. The van der Waals surface area contributed by atoms with E-state index in [1.165, 1.54) is 30.7 Å². The average molecular weight is 520 g/mol. The first kappa shape index (κ1) is 25.2. The third-order valence-corrected chi connectivity index (χ3v) is 5.73. The highest BCUT2D eigenvalue weighted by Crippen LogP contribution is 2.38. The van der Waals surface area contributed by atoms with Crippen molar-refractivity contribution in [1.29, 1.82) is 0 Å². The molecule has 188 valence electrons. The molecule has 13 heteroatoms. The third-order valence-electron chi connectivity index (χ3n) is 5.50. The van der Waals surface area contributed by atoms with Gasteiger partial charge in [0.25, 0.3) is 5.91 Å². The van der Waals surface area contributed by atoms with Crippen molar-refractivity contribution in [3.63, 3.8) is 0 Å². The van der Waals surface area contributed by atoms with Crippen LogP contribution in [0.2, 0.25) is 5.02 Å². The van der Waals surface area contributed by atoms with Gasteiger partial charge in [0.15, 0.2) is 0 Å². The molecule has 1 fully saturated rings. The summed E-state index contributed by atoms with van der Waals surface area (Å²) in [5.74, 6) is -0.365. The largest absolute Gasteiger partial charge is 0.418 e. The molecule has 0 radical (unpaired) electrons. The van der Waals surface area contributed by atoms with Gasteiger partial charge in [0.2, 0.25) is 5.91 Å². The minimum Gasteiger partial charge on any atom is -0.372 e. The van der Waals surface area contributed by atoms with Crippen molar-refractivity contribution in [3.05, 3.63) is 70.9 Å². The zero-order chi connectivity index (χ0) is 25.9. The molecule has 0 aliphatic heterocycles. The van der Waals surface area contributed by atoms with E-state index in [0.717, 1.165) is 6.07 Å². The summed E-state index contributed by atoms with van der Waals surface area (Å²) in [5, 5.41) is 10.9. The van der Waals surface area contributed by atoms with Crippen LogP contribution in [0.1, 0.15) is 34.6 Å². The van der Waals surface area contributed by atoms with Crippen LogP contribution >= 0.6 is 11.6 Å². The Morgan fingerprint density at radius 2 is 1.83 bits per heavy atom. The quantitative estimate of drug-likeness (QED) is 0.356. The van der Waals surface area contributed by atoms with Crippen molar-refractivity contribution in [2.24, 2.45) is 0 Å². The summed E-state index contributed by atoms with van der Waals surface area (Å²) in [6.45, 7) is 0.0716. The van der Waals surface area contributed by atoms with Gasteiger partial charge in [-0.3, -0.25) is 14.6 Å². The minimum atomic E-state index is -4.58. The van der Waals surface area contributed by atoms with Crippen LogP contribution in [0.5, 0.6) is 0 Å². The zero-order valence-electron chi connectivity index (χ0n) is 18.9. The lowest BCUT2D eigenvalue weighted by atomic mass is 10.1. The Morgan fingerprint density at radius 3 is 2.42 bits per heavy atom. The summed E-state index contributed by atoms with van der Waals surface area (Å²) < 4.78 is 39.9. The molecule has 3 aromatic rings. The third kappa shape index (κ3) is 5.82.